The highest BCUT2D eigenvalue weighted by Crippen LogP contribution is 2.30. The van der Waals surface area contributed by atoms with Gasteiger partial charge in [-0.1, -0.05) is 41.4 Å². The van der Waals surface area contributed by atoms with Gasteiger partial charge < -0.3 is 10.3 Å². The van der Waals surface area contributed by atoms with Crippen LogP contribution in [0.2, 0.25) is 10.0 Å². The van der Waals surface area contributed by atoms with Gasteiger partial charge in [0.2, 0.25) is 0 Å². The van der Waals surface area contributed by atoms with Crippen molar-refractivity contribution in [3.05, 3.63) is 82.3 Å². The number of anilines is 1. The molecule has 128 valence electrons. The molecule has 6 heteroatoms. The number of aromatic nitrogens is 2. The lowest BCUT2D eigenvalue weighted by Gasteiger charge is -2.08. The van der Waals surface area contributed by atoms with Crippen molar-refractivity contribution >= 4 is 45.8 Å². The number of nitrogens with one attached hydrogen (secondary N) is 2. The van der Waals surface area contributed by atoms with Crippen molar-refractivity contribution in [2.75, 3.05) is 5.32 Å². The van der Waals surface area contributed by atoms with Crippen LogP contribution in [0.25, 0.3) is 22.4 Å². The van der Waals surface area contributed by atoms with E-state index in [0.717, 1.165) is 11.0 Å². The van der Waals surface area contributed by atoms with E-state index in [2.05, 4.69) is 15.3 Å². The molecule has 0 aliphatic rings. The van der Waals surface area contributed by atoms with Gasteiger partial charge in [-0.15, -0.1) is 0 Å². The lowest BCUT2D eigenvalue weighted by Crippen LogP contribution is -2.11. The predicted molar refractivity (Wildman–Crippen MR) is 106 cm³/mol. The molecule has 0 spiro atoms. The summed E-state index contributed by atoms with van der Waals surface area (Å²) < 4.78 is 0. The largest absolute Gasteiger partial charge is 0.338 e. The molecule has 0 aliphatic carbocycles. The third kappa shape index (κ3) is 3.29. The molecule has 4 nitrogen and oxygen atoms in total. The Balaban J connectivity index is 1.67. The number of amides is 1. The molecule has 2 N–H and O–H groups in total. The van der Waals surface area contributed by atoms with Gasteiger partial charge in [0.05, 0.1) is 16.1 Å². The summed E-state index contributed by atoms with van der Waals surface area (Å²) in [4.78, 5) is 20.2. The molecular formula is C20H13Cl2N3O. The van der Waals surface area contributed by atoms with Crippen LogP contribution >= 0.6 is 23.2 Å². The van der Waals surface area contributed by atoms with E-state index in [-0.39, 0.29) is 5.91 Å². The first-order valence-electron chi connectivity index (χ1n) is 7.92. The standard InChI is InChI=1S/C20H13Cl2N3O/c21-13-5-3-4-12(10-13)20(26)23-14-8-9-16(22)15(11-14)19-24-17-6-1-2-7-18(17)25-19/h1-11H,(H,23,26)(H,24,25). The van der Waals surface area contributed by atoms with E-state index in [4.69, 9.17) is 23.2 Å². The summed E-state index contributed by atoms with van der Waals surface area (Å²) in [6.07, 6.45) is 0. The van der Waals surface area contributed by atoms with E-state index >= 15 is 0 Å². The van der Waals surface area contributed by atoms with Gasteiger partial charge in [-0.25, -0.2) is 4.98 Å². The fourth-order valence-electron chi connectivity index (χ4n) is 2.70. The maximum atomic E-state index is 12.4. The summed E-state index contributed by atoms with van der Waals surface area (Å²) in [5, 5.41) is 3.92. The second kappa shape index (κ2) is 6.83. The number of hydrogen-bond acceptors (Lipinski definition) is 2. The number of hydrogen-bond donors (Lipinski definition) is 2. The molecule has 4 aromatic rings. The summed E-state index contributed by atoms with van der Waals surface area (Å²) >= 11 is 12.3. The smallest absolute Gasteiger partial charge is 0.255 e. The maximum absolute atomic E-state index is 12.4. The van der Waals surface area contributed by atoms with Crippen LogP contribution in [-0.4, -0.2) is 15.9 Å². The molecule has 0 saturated heterocycles. The van der Waals surface area contributed by atoms with Gasteiger partial charge in [0.25, 0.3) is 5.91 Å². The van der Waals surface area contributed by atoms with Crippen LogP contribution < -0.4 is 5.32 Å². The lowest BCUT2D eigenvalue weighted by molar-refractivity contribution is 0.102. The summed E-state index contributed by atoms with van der Waals surface area (Å²) in [6, 6.07) is 19.8. The van der Waals surface area contributed by atoms with Gasteiger partial charge in [-0.05, 0) is 48.5 Å². The Morgan fingerprint density at radius 3 is 2.62 bits per heavy atom. The van der Waals surface area contributed by atoms with Gasteiger partial charge in [-0.2, -0.15) is 0 Å². The van der Waals surface area contributed by atoms with Gasteiger partial charge >= 0.3 is 0 Å². The van der Waals surface area contributed by atoms with Crippen molar-refractivity contribution in [3.63, 3.8) is 0 Å². The molecule has 0 radical (unpaired) electrons. The average Bonchev–Trinajstić information content (AvgIpc) is 3.07. The van der Waals surface area contributed by atoms with Crippen LogP contribution in [0.1, 0.15) is 10.4 Å². The molecule has 0 aliphatic heterocycles. The topological polar surface area (TPSA) is 57.8 Å². The van der Waals surface area contributed by atoms with E-state index in [1.165, 1.54) is 0 Å². The van der Waals surface area contributed by atoms with E-state index in [1.54, 1.807) is 42.5 Å². The highest BCUT2D eigenvalue weighted by atomic mass is 35.5. The Morgan fingerprint density at radius 1 is 0.962 bits per heavy atom. The molecule has 4 rings (SSSR count). The fourth-order valence-corrected chi connectivity index (χ4v) is 3.10. The Hall–Kier alpha value is -2.82. The molecule has 0 fully saturated rings. The molecule has 0 saturated carbocycles. The van der Waals surface area contributed by atoms with Gasteiger partial charge in [0.1, 0.15) is 5.82 Å². The number of imidazole rings is 1. The van der Waals surface area contributed by atoms with Crippen molar-refractivity contribution < 1.29 is 4.79 Å². The van der Waals surface area contributed by atoms with E-state index < -0.39 is 0 Å². The molecule has 0 atom stereocenters. The van der Waals surface area contributed by atoms with Crippen LogP contribution in [0.3, 0.4) is 0 Å². The van der Waals surface area contributed by atoms with E-state index in [0.29, 0.717) is 32.7 Å². The summed E-state index contributed by atoms with van der Waals surface area (Å²) in [5.41, 5.74) is 3.60. The number of halogens is 2. The molecule has 0 unspecified atom stereocenters. The number of para-hydroxylation sites is 2. The number of benzene rings is 3. The normalized spacial score (nSPS) is 10.8. The minimum atomic E-state index is -0.245. The maximum Gasteiger partial charge on any atom is 0.255 e. The minimum Gasteiger partial charge on any atom is -0.338 e. The SMILES string of the molecule is O=C(Nc1ccc(Cl)c(-c2nc3ccccc3[nH]2)c1)c1cccc(Cl)c1. The minimum absolute atomic E-state index is 0.245. The monoisotopic (exact) mass is 381 g/mol. The first-order valence-corrected chi connectivity index (χ1v) is 8.67. The number of aromatic amines is 1. The number of nitrogens with zero attached hydrogens (tertiary/aromatic N) is 1. The Morgan fingerprint density at radius 2 is 1.81 bits per heavy atom. The fraction of sp³-hybridized carbons (Fsp3) is 0. The van der Waals surface area contributed by atoms with Gasteiger partial charge in [0.15, 0.2) is 0 Å². The van der Waals surface area contributed by atoms with Gasteiger partial charge in [0, 0.05) is 21.8 Å². The molecule has 0 bridgehead atoms. The predicted octanol–water partition coefficient (Wildman–Crippen LogP) is 5.79. The highest BCUT2D eigenvalue weighted by Gasteiger charge is 2.12. The van der Waals surface area contributed by atoms with Crippen LogP contribution in [0.4, 0.5) is 5.69 Å². The number of carbonyl (C=O) groups excluding carboxylic acids is 1. The number of H-pyrrole nitrogens is 1. The molecule has 3 aromatic carbocycles. The third-order valence-electron chi connectivity index (χ3n) is 3.96. The highest BCUT2D eigenvalue weighted by molar-refractivity contribution is 6.33. The number of rotatable bonds is 3. The quantitative estimate of drug-likeness (QED) is 0.471. The van der Waals surface area contributed by atoms with Crippen molar-refractivity contribution in [1.29, 1.82) is 0 Å². The Labute approximate surface area is 159 Å². The third-order valence-corrected chi connectivity index (χ3v) is 4.52. The first kappa shape index (κ1) is 16.6. The van der Waals surface area contributed by atoms with Crippen LogP contribution in [0.15, 0.2) is 66.7 Å². The van der Waals surface area contributed by atoms with Crippen LogP contribution in [0, 0.1) is 0 Å². The van der Waals surface area contributed by atoms with E-state index in [9.17, 15) is 4.79 Å². The molecular weight excluding hydrogens is 369 g/mol. The van der Waals surface area contributed by atoms with Crippen molar-refractivity contribution in [1.82, 2.24) is 9.97 Å². The van der Waals surface area contributed by atoms with Gasteiger partial charge in [-0.3, -0.25) is 4.79 Å². The molecule has 1 heterocycles. The van der Waals surface area contributed by atoms with Crippen molar-refractivity contribution in [2.45, 2.75) is 0 Å². The first-order chi connectivity index (χ1) is 12.6. The summed E-state index contributed by atoms with van der Waals surface area (Å²) in [5.74, 6) is 0.403. The summed E-state index contributed by atoms with van der Waals surface area (Å²) in [6.45, 7) is 0. The van der Waals surface area contributed by atoms with E-state index in [1.807, 2.05) is 24.3 Å². The molecule has 1 aromatic heterocycles. The lowest BCUT2D eigenvalue weighted by atomic mass is 10.1. The zero-order valence-corrected chi connectivity index (χ0v) is 15.0. The van der Waals surface area contributed by atoms with Crippen LogP contribution in [-0.2, 0) is 0 Å². The molecule has 26 heavy (non-hydrogen) atoms. The second-order valence-corrected chi connectivity index (χ2v) is 6.61. The molecule has 1 amide bonds. The zero-order chi connectivity index (χ0) is 18.1. The van der Waals surface area contributed by atoms with Crippen molar-refractivity contribution in [3.8, 4) is 11.4 Å². The second-order valence-electron chi connectivity index (χ2n) is 5.76. The average molecular weight is 382 g/mol. The Bertz CT molecular complexity index is 1090. The van der Waals surface area contributed by atoms with Crippen molar-refractivity contribution in [2.24, 2.45) is 0 Å². The zero-order valence-electron chi connectivity index (χ0n) is 13.5. The number of carbonyl (C=O) groups is 1. The summed E-state index contributed by atoms with van der Waals surface area (Å²) in [7, 11) is 0. The Kier molecular flexibility index (Phi) is 4.37. The van der Waals surface area contributed by atoms with Crippen LogP contribution in [0.5, 0.6) is 0 Å². The number of fused-ring (bicyclic) bond motifs is 1.